The zero-order valence-electron chi connectivity index (χ0n) is 15.4. The van der Waals surface area contributed by atoms with Gasteiger partial charge in [0, 0.05) is 5.56 Å². The monoisotopic (exact) mass is 388 g/mol. The van der Waals surface area contributed by atoms with Crippen LogP contribution >= 0.6 is 0 Å². The van der Waals surface area contributed by atoms with Gasteiger partial charge in [-0.3, -0.25) is 0 Å². The molecule has 0 bridgehead atoms. The molecule has 146 valence electrons. The van der Waals surface area contributed by atoms with E-state index in [0.29, 0.717) is 25.0 Å². The van der Waals surface area contributed by atoms with Gasteiger partial charge >= 0.3 is 0 Å². The second-order valence-electron chi connectivity index (χ2n) is 6.43. The molecule has 28 heavy (non-hydrogen) atoms. The van der Waals surface area contributed by atoms with Gasteiger partial charge in [-0.2, -0.15) is 0 Å². The van der Waals surface area contributed by atoms with E-state index in [-0.39, 0.29) is 16.7 Å². The Hall–Kier alpha value is -2.82. The van der Waals surface area contributed by atoms with Crippen LogP contribution in [0.5, 0.6) is 5.75 Å². The van der Waals surface area contributed by atoms with Gasteiger partial charge in [-0.15, -0.1) is 0 Å². The average molecular weight is 388 g/mol. The molecule has 3 aromatic carbocycles. The van der Waals surface area contributed by atoms with Crippen molar-refractivity contribution in [2.75, 3.05) is 6.61 Å². The van der Waals surface area contributed by atoms with E-state index < -0.39 is 18.1 Å². The topological polar surface area (TPSA) is 9.23 Å². The van der Waals surface area contributed by atoms with Crippen LogP contribution in [0.15, 0.2) is 60.7 Å². The zero-order chi connectivity index (χ0) is 20.1. The predicted octanol–water partition coefficient (Wildman–Crippen LogP) is 6.75. The summed E-state index contributed by atoms with van der Waals surface area (Å²) < 4.78 is 59.7. The summed E-state index contributed by atoms with van der Waals surface area (Å²) in [5, 5.41) is 0. The second-order valence-corrected chi connectivity index (χ2v) is 6.43. The van der Waals surface area contributed by atoms with E-state index in [1.165, 1.54) is 36.4 Å². The van der Waals surface area contributed by atoms with Crippen molar-refractivity contribution in [2.24, 2.45) is 0 Å². The highest BCUT2D eigenvalue weighted by atomic mass is 19.3. The second kappa shape index (κ2) is 8.91. The molecular weight excluding hydrogens is 368 g/mol. The van der Waals surface area contributed by atoms with Gasteiger partial charge in [0.1, 0.15) is 17.4 Å². The maximum atomic E-state index is 14.5. The van der Waals surface area contributed by atoms with Gasteiger partial charge < -0.3 is 4.74 Å². The summed E-state index contributed by atoms with van der Waals surface area (Å²) in [5.41, 5.74) is 1.42. The van der Waals surface area contributed by atoms with E-state index in [4.69, 9.17) is 4.74 Å². The number of ether oxygens (including phenoxy) is 1. The molecule has 1 nitrogen and oxygen atoms in total. The molecule has 3 aromatic rings. The van der Waals surface area contributed by atoms with Gasteiger partial charge in [0.05, 0.1) is 12.2 Å². The van der Waals surface area contributed by atoms with Gasteiger partial charge in [-0.25, -0.2) is 17.6 Å². The lowest BCUT2D eigenvalue weighted by Gasteiger charge is -2.10. The van der Waals surface area contributed by atoms with Crippen LogP contribution in [-0.4, -0.2) is 6.61 Å². The van der Waals surface area contributed by atoms with Crippen molar-refractivity contribution >= 4 is 0 Å². The van der Waals surface area contributed by atoms with Gasteiger partial charge in [0.2, 0.25) is 0 Å². The molecule has 0 spiro atoms. The molecule has 3 rings (SSSR count). The SMILES string of the molecule is CCOc1ccc(CCc2cc(F)c(-c3ccc(C(F)F)cc3)c(F)c2)cc1. The van der Waals surface area contributed by atoms with Crippen LogP contribution < -0.4 is 4.74 Å². The summed E-state index contributed by atoms with van der Waals surface area (Å²) in [7, 11) is 0. The van der Waals surface area contributed by atoms with Crippen LogP contribution in [0.2, 0.25) is 0 Å². The summed E-state index contributed by atoms with van der Waals surface area (Å²) in [4.78, 5) is 0. The average Bonchev–Trinajstić information content (AvgIpc) is 2.67. The van der Waals surface area contributed by atoms with E-state index in [0.717, 1.165) is 11.3 Å². The first-order valence-corrected chi connectivity index (χ1v) is 9.06. The molecule has 0 fully saturated rings. The Kier molecular flexibility index (Phi) is 6.34. The highest BCUT2D eigenvalue weighted by Gasteiger charge is 2.15. The maximum absolute atomic E-state index is 14.5. The highest BCUT2D eigenvalue weighted by Crippen LogP contribution is 2.29. The van der Waals surface area contributed by atoms with Crippen LogP contribution in [-0.2, 0) is 12.8 Å². The lowest BCUT2D eigenvalue weighted by molar-refractivity contribution is 0.151. The van der Waals surface area contributed by atoms with Crippen molar-refractivity contribution < 1.29 is 22.3 Å². The van der Waals surface area contributed by atoms with E-state index in [9.17, 15) is 17.6 Å². The molecular formula is C23H20F4O. The maximum Gasteiger partial charge on any atom is 0.263 e. The first-order chi connectivity index (χ1) is 13.5. The minimum atomic E-state index is -2.62. The first-order valence-electron chi connectivity index (χ1n) is 9.06. The molecule has 0 aliphatic carbocycles. The number of hydrogen-bond donors (Lipinski definition) is 0. The molecule has 0 heterocycles. The lowest BCUT2D eigenvalue weighted by Crippen LogP contribution is -1.98. The summed E-state index contributed by atoms with van der Waals surface area (Å²) in [5.74, 6) is -0.622. The minimum absolute atomic E-state index is 0.184. The molecule has 0 N–H and O–H groups in total. The molecule has 0 aromatic heterocycles. The lowest BCUT2D eigenvalue weighted by atomic mass is 9.98. The number of hydrogen-bond acceptors (Lipinski definition) is 1. The molecule has 0 unspecified atom stereocenters. The van der Waals surface area contributed by atoms with E-state index >= 15 is 0 Å². The van der Waals surface area contributed by atoms with Crippen molar-refractivity contribution in [3.05, 3.63) is 89.0 Å². The number of rotatable bonds is 7. The number of halogens is 4. The summed E-state index contributed by atoms with van der Waals surface area (Å²) in [6, 6.07) is 15.2. The summed E-state index contributed by atoms with van der Waals surface area (Å²) in [6.07, 6.45) is -1.51. The highest BCUT2D eigenvalue weighted by molar-refractivity contribution is 5.65. The van der Waals surface area contributed by atoms with Crippen molar-refractivity contribution in [2.45, 2.75) is 26.2 Å². The molecule has 0 saturated carbocycles. The fourth-order valence-corrected chi connectivity index (χ4v) is 3.05. The fraction of sp³-hybridized carbons (Fsp3) is 0.217. The van der Waals surface area contributed by atoms with Crippen molar-refractivity contribution in [1.82, 2.24) is 0 Å². The van der Waals surface area contributed by atoms with E-state index in [1.807, 2.05) is 31.2 Å². The third-order valence-corrected chi connectivity index (χ3v) is 4.49. The zero-order valence-corrected chi connectivity index (χ0v) is 15.4. The van der Waals surface area contributed by atoms with E-state index in [1.54, 1.807) is 0 Å². The molecule has 0 aliphatic heterocycles. The van der Waals surface area contributed by atoms with Crippen LogP contribution in [0.4, 0.5) is 17.6 Å². The largest absolute Gasteiger partial charge is 0.494 e. The normalized spacial score (nSPS) is 11.1. The van der Waals surface area contributed by atoms with Crippen molar-refractivity contribution in [1.29, 1.82) is 0 Å². The smallest absolute Gasteiger partial charge is 0.263 e. The Labute approximate surface area is 161 Å². The van der Waals surface area contributed by atoms with Gasteiger partial charge in [0.25, 0.3) is 6.43 Å². The number of aryl methyl sites for hydroxylation is 2. The standard InChI is InChI=1S/C23H20F4O/c1-2-28-19-11-5-15(6-12-19)3-4-16-13-20(24)22(21(25)14-16)17-7-9-18(10-8-17)23(26)27/h5-14,23H,2-4H2,1H3. The molecule has 0 saturated heterocycles. The van der Waals surface area contributed by atoms with Crippen molar-refractivity contribution in [3.63, 3.8) is 0 Å². The van der Waals surface area contributed by atoms with Crippen LogP contribution in [0, 0.1) is 11.6 Å². The number of benzene rings is 3. The Morgan fingerprint density at radius 3 is 1.89 bits per heavy atom. The van der Waals surface area contributed by atoms with Gasteiger partial charge in [-0.05, 0) is 60.7 Å². The summed E-state index contributed by atoms with van der Waals surface area (Å²) in [6.45, 7) is 2.50. The summed E-state index contributed by atoms with van der Waals surface area (Å²) >= 11 is 0. The van der Waals surface area contributed by atoms with E-state index in [2.05, 4.69) is 0 Å². The Balaban J connectivity index is 1.74. The van der Waals surface area contributed by atoms with Crippen LogP contribution in [0.25, 0.3) is 11.1 Å². The molecule has 0 aliphatic rings. The first kappa shape index (κ1) is 19.9. The van der Waals surface area contributed by atoms with Gasteiger partial charge in [-0.1, -0.05) is 36.4 Å². The minimum Gasteiger partial charge on any atom is -0.494 e. The number of alkyl halides is 2. The molecule has 0 atom stereocenters. The van der Waals surface area contributed by atoms with Gasteiger partial charge in [0.15, 0.2) is 0 Å². The van der Waals surface area contributed by atoms with Crippen LogP contribution in [0.1, 0.15) is 30.0 Å². The molecule has 5 heteroatoms. The third kappa shape index (κ3) is 4.71. The molecule has 0 radical (unpaired) electrons. The predicted molar refractivity (Wildman–Crippen MR) is 102 cm³/mol. The molecule has 0 amide bonds. The Morgan fingerprint density at radius 2 is 1.36 bits per heavy atom. The van der Waals surface area contributed by atoms with Crippen LogP contribution in [0.3, 0.4) is 0 Å². The fourth-order valence-electron chi connectivity index (χ4n) is 3.05. The third-order valence-electron chi connectivity index (χ3n) is 4.49. The Bertz CT molecular complexity index is 895. The quantitative estimate of drug-likeness (QED) is 0.407. The van der Waals surface area contributed by atoms with Crippen molar-refractivity contribution in [3.8, 4) is 16.9 Å². The Morgan fingerprint density at radius 1 is 0.786 bits per heavy atom.